The number of thiazole rings is 1. The molecule has 0 aliphatic carbocycles. The lowest BCUT2D eigenvalue weighted by atomic mass is 10.1. The Morgan fingerprint density at radius 1 is 1.33 bits per heavy atom. The Labute approximate surface area is 174 Å². The molecule has 0 fully saturated rings. The summed E-state index contributed by atoms with van der Waals surface area (Å²) in [5, 5.41) is 7.58. The summed E-state index contributed by atoms with van der Waals surface area (Å²) >= 11 is 10.4. The van der Waals surface area contributed by atoms with E-state index in [9.17, 15) is 4.79 Å². The molecule has 1 amide bonds. The highest BCUT2D eigenvalue weighted by Crippen LogP contribution is 2.24. The van der Waals surface area contributed by atoms with Crippen molar-refractivity contribution < 1.29 is 4.79 Å². The van der Waals surface area contributed by atoms with Gasteiger partial charge in [0, 0.05) is 21.6 Å². The van der Waals surface area contributed by atoms with Crippen LogP contribution in [0.1, 0.15) is 34.6 Å². The standard InChI is InChI=1S/C18H16BrN5OS2/c1-10(12-4-2-3-5-13(12)19)23-18(26)11-6-14(20)16(21-7-11)24-17(25)15-8-27-9-22-15/h2-10H,20H2,1H3,(H,23,26)(H,21,24,25). The minimum Gasteiger partial charge on any atom is -0.396 e. The lowest BCUT2D eigenvalue weighted by Crippen LogP contribution is -2.26. The molecule has 6 nitrogen and oxygen atoms in total. The van der Waals surface area contributed by atoms with Gasteiger partial charge in [0.05, 0.1) is 17.2 Å². The van der Waals surface area contributed by atoms with E-state index < -0.39 is 0 Å². The molecule has 0 saturated heterocycles. The summed E-state index contributed by atoms with van der Waals surface area (Å²) in [6.07, 6.45) is 1.58. The Hall–Kier alpha value is -2.36. The highest BCUT2D eigenvalue weighted by molar-refractivity contribution is 9.10. The molecular formula is C18H16BrN5OS2. The van der Waals surface area contributed by atoms with Crippen LogP contribution in [-0.4, -0.2) is 20.9 Å². The number of anilines is 2. The molecule has 27 heavy (non-hydrogen) atoms. The number of nitrogens with two attached hydrogens (primary N) is 1. The van der Waals surface area contributed by atoms with Crippen LogP contribution >= 0.6 is 39.5 Å². The van der Waals surface area contributed by atoms with Gasteiger partial charge in [-0.15, -0.1) is 11.3 Å². The molecule has 0 aliphatic heterocycles. The first-order valence-corrected chi connectivity index (χ1v) is 10.1. The number of pyridine rings is 1. The summed E-state index contributed by atoms with van der Waals surface area (Å²) in [5.41, 5.74) is 10.0. The van der Waals surface area contributed by atoms with E-state index >= 15 is 0 Å². The first kappa shape index (κ1) is 19.4. The molecule has 0 saturated carbocycles. The second kappa shape index (κ2) is 8.55. The fourth-order valence-corrected chi connectivity index (χ4v) is 3.84. The highest BCUT2D eigenvalue weighted by atomic mass is 79.9. The van der Waals surface area contributed by atoms with Crippen LogP contribution in [0, 0.1) is 0 Å². The summed E-state index contributed by atoms with van der Waals surface area (Å²) < 4.78 is 1.01. The monoisotopic (exact) mass is 461 g/mol. The number of nitrogens with one attached hydrogen (secondary N) is 2. The molecule has 0 radical (unpaired) electrons. The van der Waals surface area contributed by atoms with E-state index in [1.54, 1.807) is 23.2 Å². The molecule has 1 atom stereocenters. The zero-order valence-corrected chi connectivity index (χ0v) is 17.5. The van der Waals surface area contributed by atoms with Crippen molar-refractivity contribution in [3.8, 4) is 0 Å². The van der Waals surface area contributed by atoms with Crippen LogP contribution in [0.25, 0.3) is 0 Å². The van der Waals surface area contributed by atoms with Crippen molar-refractivity contribution in [2.45, 2.75) is 13.0 Å². The number of amides is 1. The van der Waals surface area contributed by atoms with Crippen molar-refractivity contribution in [2.75, 3.05) is 11.1 Å². The SMILES string of the molecule is CC(NC(=S)c1cnc(NC(=O)c2cscn2)c(N)c1)c1ccccc1Br. The van der Waals surface area contributed by atoms with E-state index in [4.69, 9.17) is 18.0 Å². The van der Waals surface area contributed by atoms with Gasteiger partial charge in [0.1, 0.15) is 10.7 Å². The number of hydrogen-bond acceptors (Lipinski definition) is 6. The number of benzene rings is 1. The van der Waals surface area contributed by atoms with Gasteiger partial charge in [-0.1, -0.05) is 46.3 Å². The molecule has 0 spiro atoms. The predicted octanol–water partition coefficient (Wildman–Crippen LogP) is 4.16. The molecule has 1 aromatic carbocycles. The number of halogens is 1. The first-order chi connectivity index (χ1) is 13.0. The van der Waals surface area contributed by atoms with Gasteiger partial charge < -0.3 is 16.4 Å². The maximum atomic E-state index is 12.1. The minimum absolute atomic E-state index is 0.00153. The molecular weight excluding hydrogens is 446 g/mol. The molecule has 0 bridgehead atoms. The number of nitrogen functional groups attached to an aromatic ring is 1. The zero-order valence-electron chi connectivity index (χ0n) is 14.3. The molecule has 3 rings (SSSR count). The Morgan fingerprint density at radius 3 is 2.78 bits per heavy atom. The number of thiocarbonyl (C=S) groups is 1. The smallest absolute Gasteiger partial charge is 0.276 e. The van der Waals surface area contributed by atoms with Crippen molar-refractivity contribution in [1.29, 1.82) is 0 Å². The van der Waals surface area contributed by atoms with E-state index in [2.05, 4.69) is 36.5 Å². The average Bonchev–Trinajstić information content (AvgIpc) is 3.18. The molecule has 2 heterocycles. The molecule has 9 heteroatoms. The van der Waals surface area contributed by atoms with Gasteiger partial charge in [0.2, 0.25) is 0 Å². The number of hydrogen-bond donors (Lipinski definition) is 3. The van der Waals surface area contributed by atoms with Crippen LogP contribution in [0.3, 0.4) is 0 Å². The third kappa shape index (κ3) is 4.68. The Balaban J connectivity index is 1.70. The summed E-state index contributed by atoms with van der Waals surface area (Å²) in [7, 11) is 0. The van der Waals surface area contributed by atoms with Crippen LogP contribution in [0.5, 0.6) is 0 Å². The fraction of sp³-hybridized carbons (Fsp3) is 0.111. The number of carbonyl (C=O) groups excluding carboxylic acids is 1. The van der Waals surface area contributed by atoms with Crippen LogP contribution in [0.15, 0.2) is 51.9 Å². The number of aromatic nitrogens is 2. The summed E-state index contributed by atoms with van der Waals surface area (Å²) in [6, 6.07) is 9.62. The molecule has 4 N–H and O–H groups in total. The minimum atomic E-state index is -0.355. The molecule has 0 aliphatic rings. The third-order valence-electron chi connectivity index (χ3n) is 3.80. The van der Waals surface area contributed by atoms with Gasteiger partial charge in [-0.25, -0.2) is 9.97 Å². The fourth-order valence-electron chi connectivity index (χ4n) is 2.39. The van der Waals surface area contributed by atoms with Crippen LogP contribution in [0.2, 0.25) is 0 Å². The van der Waals surface area contributed by atoms with E-state index in [0.29, 0.717) is 21.9 Å². The van der Waals surface area contributed by atoms with E-state index in [1.807, 2.05) is 31.2 Å². The van der Waals surface area contributed by atoms with Gasteiger partial charge in [-0.2, -0.15) is 0 Å². The van der Waals surface area contributed by atoms with Crippen molar-refractivity contribution in [2.24, 2.45) is 0 Å². The van der Waals surface area contributed by atoms with Crippen LogP contribution in [0.4, 0.5) is 11.5 Å². The van der Waals surface area contributed by atoms with Crippen molar-refractivity contribution in [1.82, 2.24) is 15.3 Å². The van der Waals surface area contributed by atoms with Crippen molar-refractivity contribution in [3.05, 3.63) is 68.7 Å². The third-order valence-corrected chi connectivity index (χ3v) is 5.46. The lowest BCUT2D eigenvalue weighted by Gasteiger charge is -2.18. The van der Waals surface area contributed by atoms with Gasteiger partial charge in [-0.3, -0.25) is 4.79 Å². The Kier molecular flexibility index (Phi) is 6.15. The molecule has 2 aromatic heterocycles. The molecule has 138 valence electrons. The van der Waals surface area contributed by atoms with Crippen LogP contribution < -0.4 is 16.4 Å². The topological polar surface area (TPSA) is 92.9 Å². The van der Waals surface area contributed by atoms with Gasteiger partial charge in [0.25, 0.3) is 5.91 Å². The highest BCUT2D eigenvalue weighted by Gasteiger charge is 2.14. The van der Waals surface area contributed by atoms with Crippen molar-refractivity contribution >= 4 is 61.9 Å². The number of nitrogens with zero attached hydrogens (tertiary/aromatic N) is 2. The zero-order chi connectivity index (χ0) is 19.4. The number of rotatable bonds is 5. The van der Waals surface area contributed by atoms with E-state index in [1.165, 1.54) is 11.3 Å². The van der Waals surface area contributed by atoms with Gasteiger partial charge in [0.15, 0.2) is 5.82 Å². The summed E-state index contributed by atoms with van der Waals surface area (Å²) in [6.45, 7) is 2.02. The molecule has 3 aromatic rings. The summed E-state index contributed by atoms with van der Waals surface area (Å²) in [5.74, 6) is -0.0788. The van der Waals surface area contributed by atoms with Gasteiger partial charge in [-0.05, 0) is 24.6 Å². The number of carbonyl (C=O) groups is 1. The van der Waals surface area contributed by atoms with Crippen molar-refractivity contribution in [3.63, 3.8) is 0 Å². The normalized spacial score (nSPS) is 11.6. The quantitative estimate of drug-likeness (QED) is 0.493. The van der Waals surface area contributed by atoms with E-state index in [0.717, 1.165) is 10.0 Å². The second-order valence-electron chi connectivity index (χ2n) is 5.71. The maximum absolute atomic E-state index is 12.1. The average molecular weight is 462 g/mol. The largest absolute Gasteiger partial charge is 0.396 e. The predicted molar refractivity (Wildman–Crippen MR) is 116 cm³/mol. The second-order valence-corrected chi connectivity index (χ2v) is 7.69. The Bertz CT molecular complexity index is 978. The summed E-state index contributed by atoms with van der Waals surface area (Å²) in [4.78, 5) is 20.8. The van der Waals surface area contributed by atoms with E-state index in [-0.39, 0.29) is 17.8 Å². The molecule has 1 unspecified atom stereocenters. The van der Waals surface area contributed by atoms with Gasteiger partial charge >= 0.3 is 0 Å². The van der Waals surface area contributed by atoms with Crippen LogP contribution in [-0.2, 0) is 0 Å². The first-order valence-electron chi connectivity index (χ1n) is 7.96. The maximum Gasteiger partial charge on any atom is 0.276 e. The lowest BCUT2D eigenvalue weighted by molar-refractivity contribution is 0.102. The Morgan fingerprint density at radius 2 is 2.11 bits per heavy atom.